The average molecular weight is 313 g/mol. The van der Waals surface area contributed by atoms with Gasteiger partial charge in [-0.25, -0.2) is 15.0 Å². The molecule has 0 N–H and O–H groups in total. The van der Waals surface area contributed by atoms with Crippen LogP contribution < -0.4 is 9.80 Å². The molecule has 0 aromatic carbocycles. The van der Waals surface area contributed by atoms with Crippen molar-refractivity contribution < 1.29 is 0 Å². The van der Waals surface area contributed by atoms with E-state index in [1.807, 2.05) is 11.6 Å². The van der Waals surface area contributed by atoms with Gasteiger partial charge in [-0.3, -0.25) is 0 Å². The topological polar surface area (TPSA) is 45.2 Å². The van der Waals surface area contributed by atoms with Crippen LogP contribution in [0.15, 0.2) is 30.1 Å². The number of rotatable bonds is 2. The molecule has 0 saturated heterocycles. The lowest BCUT2D eigenvalue weighted by Gasteiger charge is -2.27. The Labute approximate surface area is 134 Å². The second-order valence-corrected chi connectivity index (χ2v) is 6.50. The summed E-state index contributed by atoms with van der Waals surface area (Å²) in [5.74, 6) is 1.13. The van der Waals surface area contributed by atoms with Gasteiger partial charge in [0.2, 0.25) is 0 Å². The monoisotopic (exact) mass is 313 g/mol. The fourth-order valence-corrected chi connectivity index (χ4v) is 3.88. The van der Waals surface area contributed by atoms with E-state index in [4.69, 9.17) is 0 Å². The minimum atomic E-state index is 0.958. The van der Waals surface area contributed by atoms with Crippen LogP contribution in [-0.2, 0) is 12.8 Å². The number of fused-ring (bicyclic) bond motifs is 1. The molecule has 0 fully saturated rings. The summed E-state index contributed by atoms with van der Waals surface area (Å²) in [7, 11) is 0. The van der Waals surface area contributed by atoms with Crippen LogP contribution in [0, 0.1) is 0 Å². The van der Waals surface area contributed by atoms with Crippen molar-refractivity contribution in [1.82, 2.24) is 15.0 Å². The molecule has 22 heavy (non-hydrogen) atoms. The van der Waals surface area contributed by atoms with Crippen molar-refractivity contribution in [3.8, 4) is 0 Å². The smallest absolute Gasteiger partial charge is 0.185 e. The van der Waals surface area contributed by atoms with E-state index in [0.29, 0.717) is 0 Å². The molecule has 2 aliphatic heterocycles. The Morgan fingerprint density at radius 2 is 1.91 bits per heavy atom. The highest BCUT2D eigenvalue weighted by molar-refractivity contribution is 7.13. The average Bonchev–Trinajstić information content (AvgIpc) is 3.02. The third-order valence-corrected chi connectivity index (χ3v) is 5.14. The molecule has 0 bridgehead atoms. The van der Waals surface area contributed by atoms with Gasteiger partial charge in [-0.05, 0) is 12.8 Å². The van der Waals surface area contributed by atoms with Gasteiger partial charge < -0.3 is 9.80 Å². The Bertz CT molecular complexity index is 667. The van der Waals surface area contributed by atoms with Crippen molar-refractivity contribution in [2.75, 3.05) is 36.0 Å². The van der Waals surface area contributed by atoms with Gasteiger partial charge in [0.05, 0.1) is 5.69 Å². The first kappa shape index (κ1) is 13.7. The molecular formula is C16H19N5S. The van der Waals surface area contributed by atoms with Crippen LogP contribution in [0.3, 0.4) is 0 Å². The van der Waals surface area contributed by atoms with Crippen LogP contribution in [0.5, 0.6) is 0 Å². The molecule has 0 unspecified atom stereocenters. The Morgan fingerprint density at radius 1 is 0.955 bits per heavy atom. The van der Waals surface area contributed by atoms with Crippen molar-refractivity contribution in [2.24, 2.45) is 0 Å². The zero-order valence-corrected chi connectivity index (χ0v) is 13.3. The summed E-state index contributed by atoms with van der Waals surface area (Å²) in [6.07, 6.45) is 11.1. The summed E-state index contributed by atoms with van der Waals surface area (Å²) in [6, 6.07) is 0. The molecule has 4 heterocycles. The molecule has 6 heteroatoms. The van der Waals surface area contributed by atoms with Crippen molar-refractivity contribution >= 4 is 22.3 Å². The van der Waals surface area contributed by atoms with Gasteiger partial charge in [0, 0.05) is 49.7 Å². The molecule has 0 aliphatic carbocycles. The van der Waals surface area contributed by atoms with Crippen LogP contribution in [0.1, 0.15) is 17.7 Å². The Kier molecular flexibility index (Phi) is 3.76. The predicted octanol–water partition coefficient (Wildman–Crippen LogP) is 2.30. The fraction of sp³-hybridized carbons (Fsp3) is 0.438. The molecule has 0 saturated carbocycles. The first-order chi connectivity index (χ1) is 10.9. The highest BCUT2D eigenvalue weighted by Gasteiger charge is 2.22. The van der Waals surface area contributed by atoms with Crippen LogP contribution in [0.2, 0.25) is 0 Å². The van der Waals surface area contributed by atoms with E-state index in [2.05, 4.69) is 36.9 Å². The predicted molar refractivity (Wildman–Crippen MR) is 89.7 cm³/mol. The van der Waals surface area contributed by atoms with Gasteiger partial charge in [-0.1, -0.05) is 12.2 Å². The first-order valence-corrected chi connectivity index (χ1v) is 8.67. The van der Waals surface area contributed by atoms with Gasteiger partial charge in [0.25, 0.3) is 0 Å². The molecule has 2 aliphatic rings. The standard InChI is InChI=1S/C16H19N5S/c1-2-7-20(8-3-1)15-13-4-9-21(16-17-6-11-22-16)10-5-14(13)18-12-19-15/h1-2,6,11-12H,3-5,7-10H2. The van der Waals surface area contributed by atoms with Crippen molar-refractivity contribution in [2.45, 2.75) is 19.3 Å². The maximum absolute atomic E-state index is 4.59. The van der Waals surface area contributed by atoms with Gasteiger partial charge in [0.1, 0.15) is 12.1 Å². The Balaban J connectivity index is 1.61. The molecule has 0 radical (unpaired) electrons. The molecule has 2 aromatic heterocycles. The van der Waals surface area contributed by atoms with Gasteiger partial charge >= 0.3 is 0 Å². The van der Waals surface area contributed by atoms with Gasteiger partial charge in [-0.15, -0.1) is 11.3 Å². The van der Waals surface area contributed by atoms with Crippen LogP contribution >= 0.6 is 11.3 Å². The highest BCUT2D eigenvalue weighted by Crippen LogP contribution is 2.27. The number of nitrogens with zero attached hydrogens (tertiary/aromatic N) is 5. The fourth-order valence-electron chi connectivity index (χ4n) is 3.18. The van der Waals surface area contributed by atoms with E-state index in [0.717, 1.165) is 56.4 Å². The number of hydrogen-bond donors (Lipinski definition) is 0. The number of aromatic nitrogens is 3. The van der Waals surface area contributed by atoms with Gasteiger partial charge in [0.15, 0.2) is 5.13 Å². The molecule has 0 atom stereocenters. The third-order valence-electron chi connectivity index (χ3n) is 4.31. The zero-order valence-electron chi connectivity index (χ0n) is 12.5. The Hall–Kier alpha value is -1.95. The summed E-state index contributed by atoms with van der Waals surface area (Å²) in [5.41, 5.74) is 2.54. The normalized spacial score (nSPS) is 18.2. The summed E-state index contributed by atoms with van der Waals surface area (Å²) in [4.78, 5) is 18.3. The van der Waals surface area contributed by atoms with Crippen LogP contribution in [-0.4, -0.2) is 41.1 Å². The minimum Gasteiger partial charge on any atom is -0.352 e. The first-order valence-electron chi connectivity index (χ1n) is 7.79. The zero-order chi connectivity index (χ0) is 14.8. The maximum Gasteiger partial charge on any atom is 0.185 e. The summed E-state index contributed by atoms with van der Waals surface area (Å²) in [6.45, 7) is 3.98. The Morgan fingerprint density at radius 3 is 2.73 bits per heavy atom. The molecule has 0 spiro atoms. The summed E-state index contributed by atoms with van der Waals surface area (Å²) < 4.78 is 0. The second kappa shape index (κ2) is 6.04. The van der Waals surface area contributed by atoms with Crippen molar-refractivity contribution in [3.63, 3.8) is 0 Å². The summed E-state index contributed by atoms with van der Waals surface area (Å²) >= 11 is 1.71. The van der Waals surface area contributed by atoms with E-state index in [9.17, 15) is 0 Å². The SMILES string of the molecule is C1=CCN(c2ncnc3c2CCN(c2nccs2)CC3)CC1. The minimum absolute atomic E-state index is 0.958. The second-order valence-electron chi connectivity index (χ2n) is 5.63. The summed E-state index contributed by atoms with van der Waals surface area (Å²) in [5, 5.41) is 3.15. The van der Waals surface area contributed by atoms with E-state index in [1.54, 1.807) is 17.7 Å². The molecular weight excluding hydrogens is 294 g/mol. The van der Waals surface area contributed by atoms with E-state index in [1.165, 1.54) is 11.3 Å². The van der Waals surface area contributed by atoms with Gasteiger partial charge in [-0.2, -0.15) is 0 Å². The van der Waals surface area contributed by atoms with Crippen molar-refractivity contribution in [1.29, 1.82) is 0 Å². The molecule has 114 valence electrons. The van der Waals surface area contributed by atoms with E-state index >= 15 is 0 Å². The number of thiazole rings is 1. The van der Waals surface area contributed by atoms with Crippen molar-refractivity contribution in [3.05, 3.63) is 41.3 Å². The molecule has 5 nitrogen and oxygen atoms in total. The molecule has 2 aromatic rings. The lowest BCUT2D eigenvalue weighted by molar-refractivity contribution is 0.783. The largest absolute Gasteiger partial charge is 0.352 e. The lowest BCUT2D eigenvalue weighted by atomic mass is 10.1. The highest BCUT2D eigenvalue weighted by atomic mass is 32.1. The lowest BCUT2D eigenvalue weighted by Crippen LogP contribution is -2.29. The number of anilines is 2. The van der Waals surface area contributed by atoms with E-state index < -0.39 is 0 Å². The third kappa shape index (κ3) is 2.59. The molecule has 4 rings (SSSR count). The quantitative estimate of drug-likeness (QED) is 0.796. The maximum atomic E-state index is 4.59. The number of hydrogen-bond acceptors (Lipinski definition) is 6. The van der Waals surface area contributed by atoms with Crippen LogP contribution in [0.4, 0.5) is 10.9 Å². The van der Waals surface area contributed by atoms with E-state index in [-0.39, 0.29) is 0 Å². The molecule has 0 amide bonds. The van der Waals surface area contributed by atoms with Crippen LogP contribution in [0.25, 0.3) is 0 Å².